The number of amidine groups is 1. The first-order valence-corrected chi connectivity index (χ1v) is 10.2. The lowest BCUT2D eigenvalue weighted by atomic mass is 9.78. The van der Waals surface area contributed by atoms with Crippen LogP contribution in [-0.4, -0.2) is 66.2 Å². The summed E-state index contributed by atoms with van der Waals surface area (Å²) in [6, 6.07) is 5.08. The van der Waals surface area contributed by atoms with Gasteiger partial charge in [-0.3, -0.25) is 0 Å². The van der Waals surface area contributed by atoms with Crippen molar-refractivity contribution in [2.24, 2.45) is 5.10 Å². The quantitative estimate of drug-likeness (QED) is 0.407. The second-order valence-corrected chi connectivity index (χ2v) is 8.56. The molecule has 1 aromatic rings. The first-order chi connectivity index (χ1) is 14.5. The summed E-state index contributed by atoms with van der Waals surface area (Å²) in [6.07, 6.45) is -2.19. The van der Waals surface area contributed by atoms with E-state index in [1.54, 1.807) is 32.2 Å². The molecule has 31 heavy (non-hydrogen) atoms. The van der Waals surface area contributed by atoms with E-state index >= 15 is 0 Å². The third-order valence-electron chi connectivity index (χ3n) is 5.90. The zero-order valence-corrected chi connectivity index (χ0v) is 18.8. The normalized spacial score (nSPS) is 19.6. The summed E-state index contributed by atoms with van der Waals surface area (Å²) < 4.78 is 45.8. The molecule has 2 heterocycles. The lowest BCUT2D eigenvalue weighted by Gasteiger charge is -2.32. The molecule has 1 fully saturated rings. The predicted molar refractivity (Wildman–Crippen MR) is 116 cm³/mol. The minimum atomic E-state index is -2.46. The van der Waals surface area contributed by atoms with Crippen molar-refractivity contribution in [3.63, 3.8) is 0 Å². The highest BCUT2D eigenvalue weighted by molar-refractivity contribution is 6.63. The average molecular weight is 433 g/mol. The second-order valence-electron chi connectivity index (χ2n) is 8.56. The summed E-state index contributed by atoms with van der Waals surface area (Å²) in [5.41, 5.74) is 0.00123. The van der Waals surface area contributed by atoms with Gasteiger partial charge in [0.1, 0.15) is 12.2 Å². The van der Waals surface area contributed by atoms with Gasteiger partial charge in [-0.05, 0) is 40.7 Å². The molecule has 0 spiro atoms. The molecule has 0 N–H and O–H groups in total. The smallest absolute Gasteiger partial charge is 0.408 e. The van der Waals surface area contributed by atoms with Gasteiger partial charge in [-0.2, -0.15) is 0 Å². The summed E-state index contributed by atoms with van der Waals surface area (Å²) in [6.45, 7) is 17.0. The van der Waals surface area contributed by atoms with Crippen LogP contribution in [0.2, 0.25) is 0 Å². The van der Waals surface area contributed by atoms with E-state index in [1.807, 2.05) is 27.7 Å². The molecule has 1 saturated heterocycles. The van der Waals surface area contributed by atoms with Gasteiger partial charge < -0.3 is 18.9 Å². The predicted octanol–water partition coefficient (Wildman–Crippen LogP) is 3.26. The van der Waals surface area contributed by atoms with Crippen molar-refractivity contribution in [3.05, 3.63) is 29.6 Å². The van der Waals surface area contributed by atoms with Crippen molar-refractivity contribution in [1.29, 1.82) is 0 Å². The number of rotatable bonds is 5. The van der Waals surface area contributed by atoms with Crippen molar-refractivity contribution in [2.45, 2.75) is 58.7 Å². The summed E-state index contributed by atoms with van der Waals surface area (Å²) in [4.78, 5) is 5.01. The number of alkyl halides is 2. The zero-order valence-electron chi connectivity index (χ0n) is 18.8. The largest absolute Gasteiger partial charge is 0.498 e. The third-order valence-corrected chi connectivity index (χ3v) is 5.90. The minimum absolute atomic E-state index is 0.266. The SMILES string of the molecule is [C-]#[N+]c1ccc(B2OC(C)(C)C(C)(C)O2)c(OC2=[N+](C)N=C(N(CC)CC(F)F)C2)c1. The third kappa shape index (κ3) is 4.73. The molecule has 166 valence electrons. The van der Waals surface area contributed by atoms with Crippen molar-refractivity contribution >= 4 is 30.0 Å². The Bertz CT molecular complexity index is 940. The topological polar surface area (TPSA) is 50.7 Å². The average Bonchev–Trinajstić information content (AvgIpc) is 3.15. The van der Waals surface area contributed by atoms with Gasteiger partial charge in [-0.25, -0.2) is 13.6 Å². The van der Waals surface area contributed by atoms with Crippen molar-refractivity contribution in [2.75, 3.05) is 20.1 Å². The van der Waals surface area contributed by atoms with E-state index in [0.717, 1.165) is 0 Å². The molecule has 0 amide bonds. The van der Waals surface area contributed by atoms with Crippen LogP contribution < -0.4 is 10.2 Å². The Hall–Kier alpha value is -2.51. The van der Waals surface area contributed by atoms with Gasteiger partial charge in [0, 0.05) is 17.1 Å². The number of halogens is 2. The molecule has 0 aliphatic carbocycles. The molecule has 1 aromatic carbocycles. The van der Waals surface area contributed by atoms with E-state index in [1.165, 1.54) is 9.58 Å². The number of hydrogen-bond donors (Lipinski definition) is 0. The highest BCUT2D eigenvalue weighted by Gasteiger charge is 2.52. The minimum Gasteiger partial charge on any atom is -0.408 e. The molecule has 10 heteroatoms. The van der Waals surface area contributed by atoms with Crippen LogP contribution in [0.25, 0.3) is 4.85 Å². The maximum Gasteiger partial charge on any atom is 0.498 e. The van der Waals surface area contributed by atoms with Crippen molar-refractivity contribution in [1.82, 2.24) is 4.90 Å². The van der Waals surface area contributed by atoms with Gasteiger partial charge in [-0.15, -0.1) is 0 Å². The number of nitrogens with zero attached hydrogens (tertiary/aromatic N) is 4. The Labute approximate surface area is 182 Å². The summed E-state index contributed by atoms with van der Waals surface area (Å²) >= 11 is 0. The fraction of sp³-hybridized carbons (Fsp3) is 0.571. The van der Waals surface area contributed by atoms with Crippen molar-refractivity contribution in [3.8, 4) is 5.75 Å². The van der Waals surface area contributed by atoms with Crippen LogP contribution in [0.3, 0.4) is 0 Å². The van der Waals surface area contributed by atoms with Crippen LogP contribution in [-0.2, 0) is 9.31 Å². The van der Waals surface area contributed by atoms with Crippen molar-refractivity contribution < 1.29 is 27.5 Å². The Balaban J connectivity index is 1.86. The van der Waals surface area contributed by atoms with Gasteiger partial charge in [-0.1, -0.05) is 16.8 Å². The van der Waals surface area contributed by atoms with E-state index in [0.29, 0.717) is 35.2 Å². The molecule has 2 aliphatic heterocycles. The van der Waals surface area contributed by atoms with Gasteiger partial charge >= 0.3 is 13.0 Å². The van der Waals surface area contributed by atoms with Gasteiger partial charge in [0.15, 0.2) is 18.6 Å². The molecule has 0 aromatic heterocycles. The summed E-state index contributed by atoms with van der Waals surface area (Å²) in [5.74, 6) is 1.41. The summed E-state index contributed by atoms with van der Waals surface area (Å²) in [7, 11) is 1.03. The molecule has 7 nitrogen and oxygen atoms in total. The number of benzene rings is 1. The first kappa shape index (κ1) is 23.2. The fourth-order valence-corrected chi connectivity index (χ4v) is 3.35. The Morgan fingerprint density at radius 3 is 2.48 bits per heavy atom. The van der Waals surface area contributed by atoms with Crippen LogP contribution in [0.15, 0.2) is 23.3 Å². The molecule has 2 aliphatic rings. The van der Waals surface area contributed by atoms with E-state index in [-0.39, 0.29) is 13.0 Å². The Morgan fingerprint density at radius 1 is 1.29 bits per heavy atom. The van der Waals surface area contributed by atoms with Crippen LogP contribution in [0.5, 0.6) is 5.75 Å². The standard InChI is InChI=1S/C21H28BF2N4O3/c1-8-28(13-17(23)24)18-12-19(27(7)26-18)29-16-11-14(25-6)9-10-15(16)22-30-20(2,3)21(4,5)31-22/h9-11,17H,8,12-13H2,1-5,7H3/q+1. The molecular formula is C21H28BF2N4O3+. The molecule has 0 saturated carbocycles. The molecule has 3 rings (SSSR count). The highest BCUT2D eigenvalue weighted by Crippen LogP contribution is 2.37. The maximum atomic E-state index is 12.9. The lowest BCUT2D eigenvalue weighted by molar-refractivity contribution is -0.506. The molecule has 0 bridgehead atoms. The Kier molecular flexibility index (Phi) is 6.39. The van der Waals surface area contributed by atoms with Crippen LogP contribution in [0.1, 0.15) is 41.0 Å². The second kappa shape index (κ2) is 8.56. The van der Waals surface area contributed by atoms with E-state index in [9.17, 15) is 8.78 Å². The van der Waals surface area contributed by atoms with Gasteiger partial charge in [0.05, 0.1) is 24.3 Å². The molecule has 0 radical (unpaired) electrons. The Morgan fingerprint density at radius 2 is 1.94 bits per heavy atom. The first-order valence-electron chi connectivity index (χ1n) is 10.2. The van der Waals surface area contributed by atoms with E-state index < -0.39 is 24.7 Å². The lowest BCUT2D eigenvalue weighted by Crippen LogP contribution is -2.41. The van der Waals surface area contributed by atoms with Gasteiger partial charge in [0.25, 0.3) is 6.43 Å². The maximum absolute atomic E-state index is 12.9. The number of hydrogen-bond acceptors (Lipinski definition) is 5. The van der Waals surface area contributed by atoms with E-state index in [4.69, 9.17) is 20.6 Å². The monoisotopic (exact) mass is 433 g/mol. The van der Waals surface area contributed by atoms with E-state index in [2.05, 4.69) is 9.95 Å². The van der Waals surface area contributed by atoms with Crippen LogP contribution >= 0.6 is 0 Å². The highest BCUT2D eigenvalue weighted by atomic mass is 19.3. The van der Waals surface area contributed by atoms with Crippen LogP contribution in [0.4, 0.5) is 14.5 Å². The zero-order chi connectivity index (χ0) is 23.0. The molecule has 0 atom stereocenters. The summed E-state index contributed by atoms with van der Waals surface area (Å²) in [5, 5.41) is 4.36. The number of ether oxygens (including phenoxy) is 1. The number of hydrazone groups is 1. The van der Waals surface area contributed by atoms with Gasteiger partial charge in [0.2, 0.25) is 0 Å². The van der Waals surface area contributed by atoms with Crippen LogP contribution in [0, 0.1) is 6.57 Å². The fourth-order valence-electron chi connectivity index (χ4n) is 3.35. The molecule has 0 unspecified atom stereocenters. The molecular weight excluding hydrogens is 405 g/mol.